The van der Waals surface area contributed by atoms with Gasteiger partial charge < -0.3 is 20.1 Å². The van der Waals surface area contributed by atoms with Crippen LogP contribution in [-0.2, 0) is 4.74 Å². The minimum atomic E-state index is -0.351. The summed E-state index contributed by atoms with van der Waals surface area (Å²) in [6.45, 7) is 3.83. The van der Waals surface area contributed by atoms with Gasteiger partial charge in [0.25, 0.3) is 0 Å². The third kappa shape index (κ3) is 4.96. The van der Waals surface area contributed by atoms with E-state index in [0.29, 0.717) is 36.9 Å². The number of urea groups is 1. The Morgan fingerprint density at radius 2 is 1.91 bits per heavy atom. The van der Waals surface area contributed by atoms with Gasteiger partial charge in [0.2, 0.25) is 0 Å². The SMILES string of the molecule is CCCOC(=O)c1ccc(NC(=O)N2CCC(CO)CC2)cc1. The number of esters is 1. The highest BCUT2D eigenvalue weighted by atomic mass is 16.5. The van der Waals surface area contributed by atoms with Crippen molar-refractivity contribution >= 4 is 17.7 Å². The number of anilines is 1. The number of nitrogens with zero attached hydrogens (tertiary/aromatic N) is 1. The molecule has 1 aromatic rings. The van der Waals surface area contributed by atoms with E-state index in [2.05, 4.69) is 5.32 Å². The second-order valence-corrected chi connectivity index (χ2v) is 5.76. The predicted octanol–water partition coefficient (Wildman–Crippen LogP) is 2.49. The van der Waals surface area contributed by atoms with E-state index in [1.165, 1.54) is 0 Å². The normalized spacial score (nSPS) is 15.3. The summed E-state index contributed by atoms with van der Waals surface area (Å²) in [5, 5.41) is 11.9. The smallest absolute Gasteiger partial charge is 0.338 e. The van der Waals surface area contributed by atoms with E-state index in [1.807, 2.05) is 6.92 Å². The Hall–Kier alpha value is -2.08. The first kappa shape index (κ1) is 17.3. The molecule has 0 bridgehead atoms. The van der Waals surface area contributed by atoms with Gasteiger partial charge in [-0.05, 0) is 49.4 Å². The topological polar surface area (TPSA) is 78.9 Å². The number of rotatable bonds is 5. The van der Waals surface area contributed by atoms with E-state index >= 15 is 0 Å². The van der Waals surface area contributed by atoms with Crippen molar-refractivity contribution in [1.82, 2.24) is 4.90 Å². The maximum atomic E-state index is 12.2. The molecule has 23 heavy (non-hydrogen) atoms. The molecule has 0 spiro atoms. The van der Waals surface area contributed by atoms with Crippen molar-refractivity contribution in [2.45, 2.75) is 26.2 Å². The van der Waals surface area contributed by atoms with Crippen molar-refractivity contribution in [2.24, 2.45) is 5.92 Å². The molecule has 0 aliphatic carbocycles. The van der Waals surface area contributed by atoms with Crippen LogP contribution in [0.15, 0.2) is 24.3 Å². The van der Waals surface area contributed by atoms with Crippen LogP contribution in [0, 0.1) is 5.92 Å². The first-order valence-electron chi connectivity index (χ1n) is 8.08. The summed E-state index contributed by atoms with van der Waals surface area (Å²) in [4.78, 5) is 25.6. The molecule has 1 heterocycles. The maximum Gasteiger partial charge on any atom is 0.338 e. The zero-order chi connectivity index (χ0) is 16.7. The van der Waals surface area contributed by atoms with Gasteiger partial charge in [-0.3, -0.25) is 0 Å². The lowest BCUT2D eigenvalue weighted by Gasteiger charge is -2.31. The average molecular weight is 320 g/mol. The summed E-state index contributed by atoms with van der Waals surface area (Å²) in [6.07, 6.45) is 2.44. The van der Waals surface area contributed by atoms with Gasteiger partial charge in [-0.15, -0.1) is 0 Å². The number of hydrogen-bond donors (Lipinski definition) is 2. The van der Waals surface area contributed by atoms with Crippen LogP contribution in [0.4, 0.5) is 10.5 Å². The first-order valence-corrected chi connectivity index (χ1v) is 8.08. The quantitative estimate of drug-likeness (QED) is 0.817. The zero-order valence-corrected chi connectivity index (χ0v) is 13.5. The molecular formula is C17H24N2O4. The van der Waals surface area contributed by atoms with Gasteiger partial charge >= 0.3 is 12.0 Å². The second-order valence-electron chi connectivity index (χ2n) is 5.76. The Kier molecular flexibility index (Phi) is 6.40. The van der Waals surface area contributed by atoms with E-state index in [-0.39, 0.29) is 18.6 Å². The Labute approximate surface area is 136 Å². The minimum Gasteiger partial charge on any atom is -0.462 e. The molecule has 0 aromatic heterocycles. The summed E-state index contributed by atoms with van der Waals surface area (Å²) in [5.74, 6) is -0.0525. The third-order valence-corrected chi connectivity index (χ3v) is 3.97. The summed E-state index contributed by atoms with van der Waals surface area (Å²) in [7, 11) is 0. The van der Waals surface area contributed by atoms with Gasteiger partial charge in [0.15, 0.2) is 0 Å². The van der Waals surface area contributed by atoms with Crippen molar-refractivity contribution < 1.29 is 19.4 Å². The number of ether oxygens (including phenoxy) is 1. The molecule has 2 amide bonds. The Morgan fingerprint density at radius 1 is 1.26 bits per heavy atom. The fourth-order valence-corrected chi connectivity index (χ4v) is 2.49. The molecule has 6 heteroatoms. The largest absolute Gasteiger partial charge is 0.462 e. The van der Waals surface area contributed by atoms with Crippen LogP contribution in [0.5, 0.6) is 0 Å². The summed E-state index contributed by atoms with van der Waals surface area (Å²) < 4.78 is 5.06. The molecule has 1 aliphatic rings. The molecule has 126 valence electrons. The van der Waals surface area contributed by atoms with Crippen molar-refractivity contribution in [3.05, 3.63) is 29.8 Å². The number of carbonyl (C=O) groups excluding carboxylic acids is 2. The Bertz CT molecular complexity index is 522. The van der Waals surface area contributed by atoms with Crippen LogP contribution in [-0.4, -0.2) is 48.3 Å². The molecule has 6 nitrogen and oxygen atoms in total. The summed E-state index contributed by atoms with van der Waals surface area (Å²) >= 11 is 0. The number of likely N-dealkylation sites (tertiary alicyclic amines) is 1. The van der Waals surface area contributed by atoms with Gasteiger partial charge in [-0.2, -0.15) is 0 Å². The lowest BCUT2D eigenvalue weighted by molar-refractivity contribution is 0.0505. The average Bonchev–Trinajstić information content (AvgIpc) is 2.60. The van der Waals surface area contributed by atoms with Gasteiger partial charge in [0.1, 0.15) is 0 Å². The third-order valence-electron chi connectivity index (χ3n) is 3.97. The number of carbonyl (C=O) groups is 2. The first-order chi connectivity index (χ1) is 11.1. The molecule has 1 aliphatic heterocycles. The van der Waals surface area contributed by atoms with Crippen LogP contribution in [0.3, 0.4) is 0 Å². The molecule has 0 saturated carbocycles. The highest BCUT2D eigenvalue weighted by molar-refractivity contribution is 5.92. The van der Waals surface area contributed by atoms with Crippen LogP contribution in [0.2, 0.25) is 0 Å². The van der Waals surface area contributed by atoms with Gasteiger partial charge in [-0.1, -0.05) is 6.92 Å². The summed E-state index contributed by atoms with van der Waals surface area (Å²) in [5.41, 5.74) is 1.12. The molecule has 1 fully saturated rings. The summed E-state index contributed by atoms with van der Waals surface area (Å²) in [6, 6.07) is 6.53. The number of aliphatic hydroxyl groups is 1. The number of nitrogens with one attached hydrogen (secondary N) is 1. The van der Waals surface area contributed by atoms with Crippen LogP contribution in [0.25, 0.3) is 0 Å². The number of aliphatic hydroxyl groups excluding tert-OH is 1. The molecule has 1 saturated heterocycles. The monoisotopic (exact) mass is 320 g/mol. The molecule has 0 unspecified atom stereocenters. The zero-order valence-electron chi connectivity index (χ0n) is 13.5. The highest BCUT2D eigenvalue weighted by Gasteiger charge is 2.22. The van der Waals surface area contributed by atoms with E-state index in [0.717, 1.165) is 19.3 Å². The van der Waals surface area contributed by atoms with Crippen molar-refractivity contribution in [2.75, 3.05) is 31.6 Å². The van der Waals surface area contributed by atoms with Gasteiger partial charge in [0.05, 0.1) is 12.2 Å². The number of amides is 2. The van der Waals surface area contributed by atoms with Crippen molar-refractivity contribution in [1.29, 1.82) is 0 Å². The standard InChI is InChI=1S/C17H24N2O4/c1-2-11-23-16(21)14-3-5-15(6-4-14)18-17(22)19-9-7-13(12-20)8-10-19/h3-6,13,20H,2,7-12H2,1H3,(H,18,22). The van der Waals surface area contributed by atoms with E-state index in [9.17, 15) is 9.59 Å². The maximum absolute atomic E-state index is 12.2. The second kappa shape index (κ2) is 8.53. The lowest BCUT2D eigenvalue weighted by atomic mass is 9.98. The Balaban J connectivity index is 1.86. The molecule has 2 N–H and O–H groups in total. The van der Waals surface area contributed by atoms with Crippen molar-refractivity contribution in [3.8, 4) is 0 Å². The van der Waals surface area contributed by atoms with E-state index in [1.54, 1.807) is 29.2 Å². The van der Waals surface area contributed by atoms with Crippen LogP contribution >= 0.6 is 0 Å². The van der Waals surface area contributed by atoms with Gasteiger partial charge in [0, 0.05) is 25.4 Å². The fraction of sp³-hybridized carbons (Fsp3) is 0.529. The van der Waals surface area contributed by atoms with Gasteiger partial charge in [-0.25, -0.2) is 9.59 Å². The number of benzene rings is 1. The minimum absolute atomic E-state index is 0.150. The molecular weight excluding hydrogens is 296 g/mol. The van der Waals surface area contributed by atoms with Crippen LogP contribution < -0.4 is 5.32 Å². The molecule has 0 atom stereocenters. The molecule has 0 radical (unpaired) electrons. The Morgan fingerprint density at radius 3 is 2.48 bits per heavy atom. The van der Waals surface area contributed by atoms with Crippen LogP contribution in [0.1, 0.15) is 36.5 Å². The molecule has 2 rings (SSSR count). The lowest BCUT2D eigenvalue weighted by Crippen LogP contribution is -2.41. The van der Waals surface area contributed by atoms with E-state index < -0.39 is 0 Å². The number of piperidine rings is 1. The predicted molar refractivity (Wildman–Crippen MR) is 87.4 cm³/mol. The van der Waals surface area contributed by atoms with Crippen molar-refractivity contribution in [3.63, 3.8) is 0 Å². The molecule has 1 aromatic carbocycles. The number of hydrogen-bond acceptors (Lipinski definition) is 4. The highest BCUT2D eigenvalue weighted by Crippen LogP contribution is 2.18. The fourth-order valence-electron chi connectivity index (χ4n) is 2.49. The van der Waals surface area contributed by atoms with E-state index in [4.69, 9.17) is 9.84 Å².